The van der Waals surface area contributed by atoms with Crippen LogP contribution in [0.4, 0.5) is 11.4 Å². The fraction of sp³-hybridized carbons (Fsp3) is 0.160. The molecular formula is C25H24N4OS. The molecular weight excluding hydrogens is 404 g/mol. The third-order valence-electron chi connectivity index (χ3n) is 5.10. The molecule has 1 heterocycles. The number of nitrogens with one attached hydrogen (secondary N) is 3. The minimum absolute atomic E-state index is 0.123. The SMILES string of the molecule is Cc1ccc(NC(=O)CC(C(=S)Nc2ccc(C)cc2)c2nc3ccccc3[nH]2)cc1. The zero-order chi connectivity index (χ0) is 21.8. The van der Waals surface area contributed by atoms with E-state index in [4.69, 9.17) is 17.2 Å². The van der Waals surface area contributed by atoms with Crippen LogP contribution in [0.1, 0.15) is 29.3 Å². The van der Waals surface area contributed by atoms with E-state index in [0.29, 0.717) is 10.8 Å². The van der Waals surface area contributed by atoms with E-state index in [1.165, 1.54) is 5.56 Å². The third kappa shape index (κ3) is 5.16. The highest BCUT2D eigenvalue weighted by Crippen LogP contribution is 2.25. The van der Waals surface area contributed by atoms with Crippen molar-refractivity contribution >= 4 is 45.5 Å². The zero-order valence-electron chi connectivity index (χ0n) is 17.5. The van der Waals surface area contributed by atoms with Gasteiger partial charge >= 0.3 is 0 Å². The number of hydrogen-bond acceptors (Lipinski definition) is 3. The lowest BCUT2D eigenvalue weighted by atomic mass is 10.0. The fourth-order valence-corrected chi connectivity index (χ4v) is 3.66. The van der Waals surface area contributed by atoms with E-state index in [1.807, 2.05) is 86.6 Å². The van der Waals surface area contributed by atoms with Gasteiger partial charge in [-0.1, -0.05) is 59.7 Å². The van der Waals surface area contributed by atoms with Crippen molar-refractivity contribution in [2.75, 3.05) is 10.6 Å². The highest BCUT2D eigenvalue weighted by atomic mass is 32.1. The Labute approximate surface area is 186 Å². The summed E-state index contributed by atoms with van der Waals surface area (Å²) < 4.78 is 0. The highest BCUT2D eigenvalue weighted by Gasteiger charge is 2.24. The average Bonchev–Trinajstić information content (AvgIpc) is 3.19. The van der Waals surface area contributed by atoms with Gasteiger partial charge in [0, 0.05) is 17.8 Å². The predicted octanol–water partition coefficient (Wildman–Crippen LogP) is 5.73. The molecule has 0 spiro atoms. The fourth-order valence-electron chi connectivity index (χ4n) is 3.35. The van der Waals surface area contributed by atoms with Crippen molar-refractivity contribution in [3.63, 3.8) is 0 Å². The van der Waals surface area contributed by atoms with Crippen LogP contribution >= 0.6 is 12.2 Å². The first kappa shape index (κ1) is 20.8. The number of amides is 1. The second-order valence-electron chi connectivity index (χ2n) is 7.67. The summed E-state index contributed by atoms with van der Waals surface area (Å²) in [7, 11) is 0. The van der Waals surface area contributed by atoms with Crippen LogP contribution in [0.25, 0.3) is 11.0 Å². The van der Waals surface area contributed by atoms with Gasteiger partial charge in [0.25, 0.3) is 0 Å². The number of hydrogen-bond donors (Lipinski definition) is 3. The van der Waals surface area contributed by atoms with Crippen molar-refractivity contribution in [2.24, 2.45) is 0 Å². The molecule has 4 aromatic rings. The van der Waals surface area contributed by atoms with Crippen molar-refractivity contribution in [1.29, 1.82) is 0 Å². The van der Waals surface area contributed by atoms with Crippen molar-refractivity contribution in [1.82, 2.24) is 9.97 Å². The summed E-state index contributed by atoms with van der Waals surface area (Å²) in [4.78, 5) is 21.4. The maximum atomic E-state index is 12.9. The first-order valence-corrected chi connectivity index (χ1v) is 10.6. The minimum Gasteiger partial charge on any atom is -0.349 e. The molecule has 3 aromatic carbocycles. The number of carbonyl (C=O) groups excluding carboxylic acids is 1. The molecule has 3 N–H and O–H groups in total. The lowest BCUT2D eigenvalue weighted by molar-refractivity contribution is -0.116. The number of imidazole rings is 1. The average molecular weight is 429 g/mol. The molecule has 0 bridgehead atoms. The van der Waals surface area contributed by atoms with Crippen molar-refractivity contribution in [2.45, 2.75) is 26.2 Å². The molecule has 0 radical (unpaired) electrons. The standard InChI is InChI=1S/C25H24N4OS/c1-16-7-11-18(12-8-16)26-23(30)15-20(24-28-21-5-3-4-6-22(21)29-24)25(31)27-19-13-9-17(2)10-14-19/h3-14,20H,15H2,1-2H3,(H,26,30)(H,27,31)(H,28,29). The number of aromatic amines is 1. The van der Waals surface area contributed by atoms with Gasteiger partial charge in [-0.3, -0.25) is 4.79 Å². The van der Waals surface area contributed by atoms with Crippen LogP contribution in [0.2, 0.25) is 0 Å². The molecule has 1 amide bonds. The van der Waals surface area contributed by atoms with Gasteiger partial charge in [-0.25, -0.2) is 4.98 Å². The van der Waals surface area contributed by atoms with E-state index in [9.17, 15) is 4.79 Å². The van der Waals surface area contributed by atoms with Crippen LogP contribution in [0.15, 0.2) is 72.8 Å². The Kier molecular flexibility index (Phi) is 6.09. The molecule has 31 heavy (non-hydrogen) atoms. The summed E-state index contributed by atoms with van der Waals surface area (Å²) in [5, 5.41) is 6.24. The Bertz CT molecular complexity index is 1180. The molecule has 1 unspecified atom stereocenters. The third-order valence-corrected chi connectivity index (χ3v) is 5.48. The van der Waals surface area contributed by atoms with Gasteiger partial charge in [0.05, 0.1) is 21.9 Å². The van der Waals surface area contributed by atoms with Crippen molar-refractivity contribution < 1.29 is 4.79 Å². The number of rotatable bonds is 6. The molecule has 0 aliphatic rings. The number of benzene rings is 3. The minimum atomic E-state index is -0.394. The number of para-hydroxylation sites is 2. The van der Waals surface area contributed by atoms with E-state index in [2.05, 4.69) is 15.6 Å². The number of nitrogens with zero attached hydrogens (tertiary/aromatic N) is 1. The van der Waals surface area contributed by atoms with Crippen LogP contribution in [-0.4, -0.2) is 20.9 Å². The Morgan fingerprint density at radius 1 is 0.903 bits per heavy atom. The number of aromatic nitrogens is 2. The molecule has 0 saturated heterocycles. The van der Waals surface area contributed by atoms with Crippen LogP contribution in [-0.2, 0) is 4.79 Å². The predicted molar refractivity (Wildman–Crippen MR) is 131 cm³/mol. The molecule has 1 aromatic heterocycles. The molecule has 0 saturated carbocycles. The topological polar surface area (TPSA) is 69.8 Å². The van der Waals surface area contributed by atoms with E-state index >= 15 is 0 Å². The summed E-state index contributed by atoms with van der Waals surface area (Å²) in [6.45, 7) is 4.05. The van der Waals surface area contributed by atoms with Crippen LogP contribution in [0.3, 0.4) is 0 Å². The molecule has 5 nitrogen and oxygen atoms in total. The summed E-state index contributed by atoms with van der Waals surface area (Å²) in [5.74, 6) is 0.154. The van der Waals surface area contributed by atoms with Gasteiger partial charge in [0.15, 0.2) is 0 Å². The molecule has 0 fully saturated rings. The number of fused-ring (bicyclic) bond motifs is 1. The Balaban J connectivity index is 1.58. The monoisotopic (exact) mass is 428 g/mol. The van der Waals surface area contributed by atoms with Crippen molar-refractivity contribution in [3.05, 3.63) is 89.7 Å². The van der Waals surface area contributed by atoms with E-state index in [0.717, 1.165) is 28.0 Å². The van der Waals surface area contributed by atoms with Gasteiger partial charge < -0.3 is 15.6 Å². The number of anilines is 2. The van der Waals surface area contributed by atoms with E-state index < -0.39 is 5.92 Å². The summed E-state index contributed by atoms with van der Waals surface area (Å²) in [6, 6.07) is 23.5. The van der Waals surface area contributed by atoms with Crippen LogP contribution in [0, 0.1) is 13.8 Å². The molecule has 0 aliphatic carbocycles. The van der Waals surface area contributed by atoms with Gasteiger partial charge in [0.2, 0.25) is 5.91 Å². The first-order valence-electron chi connectivity index (χ1n) is 10.2. The number of H-pyrrole nitrogens is 1. The largest absolute Gasteiger partial charge is 0.349 e. The van der Waals surface area contributed by atoms with Gasteiger partial charge in [-0.15, -0.1) is 0 Å². The van der Waals surface area contributed by atoms with Gasteiger partial charge in [-0.2, -0.15) is 0 Å². The molecule has 0 aliphatic heterocycles. The van der Waals surface area contributed by atoms with Crippen LogP contribution in [0.5, 0.6) is 0 Å². The Hall–Kier alpha value is -3.51. The Morgan fingerprint density at radius 2 is 1.48 bits per heavy atom. The quantitative estimate of drug-likeness (QED) is 0.343. The maximum absolute atomic E-state index is 12.9. The molecule has 4 rings (SSSR count). The summed E-state index contributed by atoms with van der Waals surface area (Å²) >= 11 is 5.73. The lowest BCUT2D eigenvalue weighted by Gasteiger charge is -2.18. The maximum Gasteiger partial charge on any atom is 0.225 e. The lowest BCUT2D eigenvalue weighted by Crippen LogP contribution is -2.25. The molecule has 156 valence electrons. The van der Waals surface area contributed by atoms with Gasteiger partial charge in [-0.05, 0) is 50.2 Å². The number of thiocarbonyl (C=S) groups is 1. The van der Waals surface area contributed by atoms with E-state index in [-0.39, 0.29) is 12.3 Å². The van der Waals surface area contributed by atoms with Crippen molar-refractivity contribution in [3.8, 4) is 0 Å². The van der Waals surface area contributed by atoms with Gasteiger partial charge in [0.1, 0.15) is 5.82 Å². The number of aryl methyl sites for hydroxylation is 2. The van der Waals surface area contributed by atoms with E-state index in [1.54, 1.807) is 0 Å². The molecule has 1 atom stereocenters. The second-order valence-corrected chi connectivity index (χ2v) is 8.11. The zero-order valence-corrected chi connectivity index (χ0v) is 18.3. The van der Waals surface area contributed by atoms with Crippen LogP contribution < -0.4 is 10.6 Å². The Morgan fingerprint density at radius 3 is 2.10 bits per heavy atom. The highest BCUT2D eigenvalue weighted by molar-refractivity contribution is 7.80. The first-order chi connectivity index (χ1) is 15.0. The molecule has 6 heteroatoms. The summed E-state index contributed by atoms with van der Waals surface area (Å²) in [5.41, 5.74) is 5.72. The number of carbonyl (C=O) groups is 1. The smallest absolute Gasteiger partial charge is 0.225 e. The normalized spacial score (nSPS) is 11.8. The summed E-state index contributed by atoms with van der Waals surface area (Å²) in [6.07, 6.45) is 0.172. The second kappa shape index (κ2) is 9.10.